The Morgan fingerprint density at radius 1 is 1.44 bits per heavy atom. The van der Waals surface area contributed by atoms with E-state index in [-0.39, 0.29) is 11.5 Å². The highest BCUT2D eigenvalue weighted by atomic mass is 16.1. The smallest absolute Gasteiger partial charge is 0.263 e. The zero-order valence-electron chi connectivity index (χ0n) is 10.6. The Balaban J connectivity index is 4.49. The molecule has 0 heterocycles. The molecule has 0 aromatic carbocycles. The highest BCUT2D eigenvalue weighted by Crippen LogP contribution is 1.98. The molecule has 4 heteroatoms. The second-order valence-corrected chi connectivity index (χ2v) is 3.98. The predicted octanol–water partition coefficient (Wildman–Crippen LogP) is 1.51. The van der Waals surface area contributed by atoms with E-state index in [1.54, 1.807) is 6.20 Å². The minimum atomic E-state index is -0.289. The van der Waals surface area contributed by atoms with Crippen molar-refractivity contribution < 1.29 is 4.79 Å². The van der Waals surface area contributed by atoms with Gasteiger partial charge in [-0.25, -0.2) is 0 Å². The Morgan fingerprint density at radius 2 is 2.00 bits per heavy atom. The SMILES string of the molecule is CCN(/C=C(/C#N)C(=O)NCC(C)C)CC. The average Bonchev–Trinajstić information content (AvgIpc) is 2.27. The molecule has 0 fully saturated rings. The molecule has 0 radical (unpaired) electrons. The number of nitriles is 1. The lowest BCUT2D eigenvalue weighted by Crippen LogP contribution is -2.29. The lowest BCUT2D eigenvalue weighted by molar-refractivity contribution is -0.117. The largest absolute Gasteiger partial charge is 0.377 e. The van der Waals surface area contributed by atoms with Gasteiger partial charge in [0.05, 0.1) is 0 Å². The summed E-state index contributed by atoms with van der Waals surface area (Å²) in [5.41, 5.74) is 0.171. The Kier molecular flexibility index (Phi) is 7.02. The first-order valence-corrected chi connectivity index (χ1v) is 5.69. The molecule has 90 valence electrons. The van der Waals surface area contributed by atoms with Gasteiger partial charge in [0, 0.05) is 25.8 Å². The van der Waals surface area contributed by atoms with Crippen LogP contribution in [0.2, 0.25) is 0 Å². The zero-order valence-corrected chi connectivity index (χ0v) is 10.6. The Bertz CT molecular complexity index is 285. The van der Waals surface area contributed by atoms with Crippen LogP contribution in [0.25, 0.3) is 0 Å². The molecule has 0 spiro atoms. The van der Waals surface area contributed by atoms with Gasteiger partial charge in [0.25, 0.3) is 5.91 Å². The molecule has 0 aliphatic rings. The molecule has 0 aliphatic carbocycles. The molecule has 0 atom stereocenters. The summed E-state index contributed by atoms with van der Waals surface area (Å²) in [6.07, 6.45) is 1.62. The van der Waals surface area contributed by atoms with Gasteiger partial charge >= 0.3 is 0 Å². The Morgan fingerprint density at radius 3 is 2.38 bits per heavy atom. The Labute approximate surface area is 97.9 Å². The topological polar surface area (TPSA) is 56.1 Å². The van der Waals surface area contributed by atoms with E-state index in [0.717, 1.165) is 13.1 Å². The molecule has 0 aliphatic heterocycles. The fraction of sp³-hybridized carbons (Fsp3) is 0.667. The maximum absolute atomic E-state index is 11.6. The third kappa shape index (κ3) is 5.40. The fourth-order valence-electron chi connectivity index (χ4n) is 1.12. The maximum atomic E-state index is 11.6. The molecule has 1 amide bonds. The molecule has 1 N–H and O–H groups in total. The first kappa shape index (κ1) is 14.5. The third-order valence-electron chi connectivity index (χ3n) is 2.16. The molecular weight excluding hydrogens is 202 g/mol. The molecule has 0 saturated carbocycles. The van der Waals surface area contributed by atoms with E-state index in [1.807, 2.05) is 38.7 Å². The summed E-state index contributed by atoms with van der Waals surface area (Å²) in [5, 5.41) is 11.6. The van der Waals surface area contributed by atoms with E-state index in [9.17, 15) is 4.79 Å². The van der Waals surface area contributed by atoms with E-state index in [4.69, 9.17) is 5.26 Å². The fourth-order valence-corrected chi connectivity index (χ4v) is 1.12. The van der Waals surface area contributed by atoms with Crippen molar-refractivity contribution in [3.8, 4) is 6.07 Å². The summed E-state index contributed by atoms with van der Waals surface area (Å²) >= 11 is 0. The molecule has 0 aromatic heterocycles. The van der Waals surface area contributed by atoms with Crippen LogP contribution in [0.4, 0.5) is 0 Å². The van der Waals surface area contributed by atoms with E-state index in [1.165, 1.54) is 0 Å². The summed E-state index contributed by atoms with van der Waals surface area (Å²) in [6.45, 7) is 10.2. The average molecular weight is 223 g/mol. The van der Waals surface area contributed by atoms with Gasteiger partial charge in [-0.05, 0) is 19.8 Å². The van der Waals surface area contributed by atoms with Gasteiger partial charge in [-0.1, -0.05) is 13.8 Å². The van der Waals surface area contributed by atoms with E-state index >= 15 is 0 Å². The monoisotopic (exact) mass is 223 g/mol. The van der Waals surface area contributed by atoms with Gasteiger partial charge in [0.15, 0.2) is 0 Å². The van der Waals surface area contributed by atoms with Crippen LogP contribution in [0.5, 0.6) is 0 Å². The van der Waals surface area contributed by atoms with Crippen molar-refractivity contribution in [1.82, 2.24) is 10.2 Å². The Hall–Kier alpha value is -1.50. The molecule has 16 heavy (non-hydrogen) atoms. The van der Waals surface area contributed by atoms with Crippen LogP contribution in [0, 0.1) is 17.2 Å². The molecular formula is C12H21N3O. The minimum Gasteiger partial charge on any atom is -0.377 e. The van der Waals surface area contributed by atoms with Crippen molar-refractivity contribution >= 4 is 5.91 Å². The minimum absolute atomic E-state index is 0.171. The molecule has 0 rings (SSSR count). The summed E-state index contributed by atoms with van der Waals surface area (Å²) in [7, 11) is 0. The third-order valence-corrected chi connectivity index (χ3v) is 2.16. The van der Waals surface area contributed by atoms with Crippen molar-refractivity contribution in [2.75, 3.05) is 19.6 Å². The van der Waals surface area contributed by atoms with Crippen LogP contribution in [0.1, 0.15) is 27.7 Å². The van der Waals surface area contributed by atoms with Crippen molar-refractivity contribution in [2.24, 2.45) is 5.92 Å². The van der Waals surface area contributed by atoms with Gasteiger partial charge in [-0.15, -0.1) is 0 Å². The lowest BCUT2D eigenvalue weighted by Gasteiger charge is -2.15. The molecule has 0 bridgehead atoms. The van der Waals surface area contributed by atoms with E-state index in [2.05, 4.69) is 5.32 Å². The van der Waals surface area contributed by atoms with Crippen LogP contribution < -0.4 is 5.32 Å². The quantitative estimate of drug-likeness (QED) is 0.548. The van der Waals surface area contributed by atoms with Gasteiger partial charge in [0.2, 0.25) is 0 Å². The van der Waals surface area contributed by atoms with Gasteiger partial charge in [-0.2, -0.15) is 5.26 Å². The lowest BCUT2D eigenvalue weighted by atomic mass is 10.2. The standard InChI is InChI=1S/C12H21N3O/c1-5-15(6-2)9-11(7-13)12(16)14-8-10(3)4/h9-10H,5-6,8H2,1-4H3,(H,14,16)/b11-9-. The normalized spacial score (nSPS) is 11.1. The summed E-state index contributed by atoms with van der Waals surface area (Å²) in [6, 6.07) is 1.93. The number of amides is 1. The summed E-state index contributed by atoms with van der Waals surface area (Å²) < 4.78 is 0. The number of carbonyl (C=O) groups is 1. The summed E-state index contributed by atoms with van der Waals surface area (Å²) in [5.74, 6) is 0.0976. The highest BCUT2D eigenvalue weighted by molar-refractivity contribution is 5.97. The van der Waals surface area contributed by atoms with Gasteiger partial charge in [0.1, 0.15) is 11.6 Å². The first-order valence-electron chi connectivity index (χ1n) is 5.69. The molecule has 0 unspecified atom stereocenters. The van der Waals surface area contributed by atoms with E-state index in [0.29, 0.717) is 12.5 Å². The number of hydrogen-bond donors (Lipinski definition) is 1. The van der Waals surface area contributed by atoms with E-state index < -0.39 is 0 Å². The second-order valence-electron chi connectivity index (χ2n) is 3.98. The molecule has 4 nitrogen and oxygen atoms in total. The number of nitrogens with one attached hydrogen (secondary N) is 1. The van der Waals surface area contributed by atoms with Gasteiger partial charge in [-0.3, -0.25) is 4.79 Å². The van der Waals surface area contributed by atoms with Crippen LogP contribution in [-0.4, -0.2) is 30.4 Å². The van der Waals surface area contributed by atoms with Crippen molar-refractivity contribution in [3.63, 3.8) is 0 Å². The van der Waals surface area contributed by atoms with Crippen LogP contribution >= 0.6 is 0 Å². The van der Waals surface area contributed by atoms with Crippen molar-refractivity contribution in [1.29, 1.82) is 5.26 Å². The van der Waals surface area contributed by atoms with Crippen LogP contribution in [0.3, 0.4) is 0 Å². The van der Waals surface area contributed by atoms with Crippen LogP contribution in [0.15, 0.2) is 11.8 Å². The highest BCUT2D eigenvalue weighted by Gasteiger charge is 2.09. The second kappa shape index (κ2) is 7.75. The molecule has 0 saturated heterocycles. The van der Waals surface area contributed by atoms with Crippen LogP contribution in [-0.2, 0) is 4.79 Å². The number of rotatable bonds is 6. The summed E-state index contributed by atoms with van der Waals surface area (Å²) in [4.78, 5) is 13.5. The molecule has 0 aromatic rings. The number of nitrogens with zero attached hydrogens (tertiary/aromatic N) is 2. The van der Waals surface area contributed by atoms with Crippen molar-refractivity contribution in [2.45, 2.75) is 27.7 Å². The van der Waals surface area contributed by atoms with Gasteiger partial charge < -0.3 is 10.2 Å². The number of hydrogen-bond acceptors (Lipinski definition) is 3. The number of carbonyl (C=O) groups excluding carboxylic acids is 1. The predicted molar refractivity (Wildman–Crippen MR) is 64.5 cm³/mol. The first-order chi connectivity index (χ1) is 7.54. The van der Waals surface area contributed by atoms with Crippen molar-refractivity contribution in [3.05, 3.63) is 11.8 Å². The maximum Gasteiger partial charge on any atom is 0.263 e. The zero-order chi connectivity index (χ0) is 12.6.